The fourth-order valence-electron chi connectivity index (χ4n) is 2.60. The van der Waals surface area contributed by atoms with Gasteiger partial charge in [-0.25, -0.2) is 0 Å². The zero-order valence-electron chi connectivity index (χ0n) is 11.5. The first kappa shape index (κ1) is 13.6. The normalized spacial score (nSPS) is 15.2. The van der Waals surface area contributed by atoms with Gasteiger partial charge in [-0.15, -0.1) is 0 Å². The molecule has 2 N–H and O–H groups in total. The Bertz CT molecular complexity index is 639. The third-order valence-corrected chi connectivity index (χ3v) is 4.17. The molecule has 0 fully saturated rings. The fraction of sp³-hybridized carbons (Fsp3) is 0.294. The number of rotatable bonds is 3. The summed E-state index contributed by atoms with van der Waals surface area (Å²) in [7, 11) is 0. The van der Waals surface area contributed by atoms with Crippen LogP contribution in [0.5, 0.6) is 0 Å². The first-order valence-electron chi connectivity index (χ1n) is 6.83. The summed E-state index contributed by atoms with van der Waals surface area (Å²) in [5.41, 5.74) is 12.3. The quantitative estimate of drug-likeness (QED) is 0.928. The molecule has 0 aromatic heterocycles. The predicted octanol–water partition coefficient (Wildman–Crippen LogP) is 3.92. The lowest BCUT2D eigenvalue weighted by atomic mass is 9.96. The van der Waals surface area contributed by atoms with E-state index in [9.17, 15) is 0 Å². The van der Waals surface area contributed by atoms with Crippen LogP contribution >= 0.6 is 11.6 Å². The average molecular weight is 288 g/mol. The predicted molar refractivity (Wildman–Crippen MR) is 81.8 cm³/mol. The third kappa shape index (κ3) is 2.73. The van der Waals surface area contributed by atoms with Gasteiger partial charge in [0.1, 0.15) is 0 Å². The SMILES string of the molecule is Cc1ccc(CC(N)c2ccc3c(c2)COC3)c(Cl)c1. The van der Waals surface area contributed by atoms with Crippen molar-refractivity contribution in [1.82, 2.24) is 0 Å². The highest BCUT2D eigenvalue weighted by Gasteiger charge is 2.15. The molecule has 2 aromatic rings. The van der Waals surface area contributed by atoms with Gasteiger partial charge in [0.2, 0.25) is 0 Å². The second-order valence-electron chi connectivity index (χ2n) is 5.43. The highest BCUT2D eigenvalue weighted by atomic mass is 35.5. The topological polar surface area (TPSA) is 35.2 Å². The van der Waals surface area contributed by atoms with Gasteiger partial charge in [-0.3, -0.25) is 0 Å². The van der Waals surface area contributed by atoms with Gasteiger partial charge in [-0.05, 0) is 47.2 Å². The maximum absolute atomic E-state index is 6.33. The van der Waals surface area contributed by atoms with Crippen molar-refractivity contribution in [2.24, 2.45) is 5.73 Å². The second-order valence-corrected chi connectivity index (χ2v) is 5.83. The molecule has 20 heavy (non-hydrogen) atoms. The standard InChI is InChI=1S/C17H18ClNO/c1-11-2-3-12(16(18)6-11)8-17(19)13-4-5-14-9-20-10-15(14)7-13/h2-7,17H,8-10,19H2,1H3. The summed E-state index contributed by atoms with van der Waals surface area (Å²) in [5.74, 6) is 0. The van der Waals surface area contributed by atoms with E-state index < -0.39 is 0 Å². The first-order valence-corrected chi connectivity index (χ1v) is 7.21. The molecule has 1 aliphatic heterocycles. The molecular formula is C17H18ClNO. The Hall–Kier alpha value is -1.35. The molecule has 2 aromatic carbocycles. The van der Waals surface area contributed by atoms with Gasteiger partial charge in [0.25, 0.3) is 0 Å². The third-order valence-electron chi connectivity index (χ3n) is 3.82. The van der Waals surface area contributed by atoms with Crippen LogP contribution in [0.25, 0.3) is 0 Å². The minimum absolute atomic E-state index is 0.0406. The van der Waals surface area contributed by atoms with E-state index in [1.165, 1.54) is 16.7 Å². The van der Waals surface area contributed by atoms with E-state index in [2.05, 4.69) is 30.3 Å². The van der Waals surface area contributed by atoms with Crippen molar-refractivity contribution in [1.29, 1.82) is 0 Å². The number of ether oxygens (including phenoxy) is 1. The van der Waals surface area contributed by atoms with E-state index in [-0.39, 0.29) is 6.04 Å². The van der Waals surface area contributed by atoms with Crippen molar-refractivity contribution in [3.8, 4) is 0 Å². The first-order chi connectivity index (χ1) is 9.63. The Morgan fingerprint density at radius 3 is 2.75 bits per heavy atom. The Labute approximate surface area is 124 Å². The molecule has 0 saturated heterocycles. The number of hydrogen-bond donors (Lipinski definition) is 1. The van der Waals surface area contributed by atoms with Crippen LogP contribution in [0, 0.1) is 6.92 Å². The lowest BCUT2D eigenvalue weighted by Gasteiger charge is -2.14. The fourth-order valence-corrected chi connectivity index (χ4v) is 2.91. The van der Waals surface area contributed by atoms with Crippen molar-refractivity contribution >= 4 is 11.6 Å². The van der Waals surface area contributed by atoms with E-state index >= 15 is 0 Å². The Balaban J connectivity index is 1.80. The van der Waals surface area contributed by atoms with E-state index in [0.717, 1.165) is 22.6 Å². The van der Waals surface area contributed by atoms with Gasteiger partial charge in [0.15, 0.2) is 0 Å². The molecule has 0 spiro atoms. The van der Waals surface area contributed by atoms with E-state index in [1.807, 2.05) is 13.0 Å². The monoisotopic (exact) mass is 287 g/mol. The number of benzene rings is 2. The summed E-state index contributed by atoms with van der Waals surface area (Å²) in [5, 5.41) is 0.796. The van der Waals surface area contributed by atoms with Crippen molar-refractivity contribution in [2.45, 2.75) is 32.6 Å². The molecule has 1 heterocycles. The van der Waals surface area contributed by atoms with E-state index in [1.54, 1.807) is 0 Å². The molecule has 104 valence electrons. The summed E-state index contributed by atoms with van der Waals surface area (Å²) in [4.78, 5) is 0. The van der Waals surface area contributed by atoms with Crippen LogP contribution in [0.4, 0.5) is 0 Å². The van der Waals surface area contributed by atoms with Gasteiger partial charge in [-0.1, -0.05) is 41.9 Å². The van der Waals surface area contributed by atoms with Gasteiger partial charge in [0, 0.05) is 11.1 Å². The van der Waals surface area contributed by atoms with Crippen LogP contribution in [0.2, 0.25) is 5.02 Å². The van der Waals surface area contributed by atoms with E-state index in [0.29, 0.717) is 13.2 Å². The molecule has 3 rings (SSSR count). The smallest absolute Gasteiger partial charge is 0.0725 e. The minimum Gasteiger partial charge on any atom is -0.372 e. The second kappa shape index (κ2) is 5.57. The number of halogens is 1. The van der Waals surface area contributed by atoms with Crippen LogP contribution in [-0.4, -0.2) is 0 Å². The molecule has 0 bridgehead atoms. The molecular weight excluding hydrogens is 270 g/mol. The Kier molecular flexibility index (Phi) is 3.79. The van der Waals surface area contributed by atoms with Crippen LogP contribution in [0.3, 0.4) is 0 Å². The number of fused-ring (bicyclic) bond motifs is 1. The summed E-state index contributed by atoms with van der Waals surface area (Å²) < 4.78 is 5.44. The number of nitrogens with two attached hydrogens (primary N) is 1. The molecule has 1 unspecified atom stereocenters. The van der Waals surface area contributed by atoms with Gasteiger partial charge in [-0.2, -0.15) is 0 Å². The maximum atomic E-state index is 6.33. The molecule has 0 radical (unpaired) electrons. The highest BCUT2D eigenvalue weighted by molar-refractivity contribution is 6.31. The Morgan fingerprint density at radius 2 is 1.95 bits per heavy atom. The van der Waals surface area contributed by atoms with E-state index in [4.69, 9.17) is 22.1 Å². The summed E-state index contributed by atoms with van der Waals surface area (Å²) >= 11 is 6.28. The van der Waals surface area contributed by atoms with Gasteiger partial charge in [0.05, 0.1) is 13.2 Å². The maximum Gasteiger partial charge on any atom is 0.0725 e. The van der Waals surface area contributed by atoms with Crippen LogP contribution in [-0.2, 0) is 24.4 Å². The largest absolute Gasteiger partial charge is 0.372 e. The van der Waals surface area contributed by atoms with Gasteiger partial charge >= 0.3 is 0 Å². The van der Waals surface area contributed by atoms with Crippen LogP contribution in [0.1, 0.15) is 33.9 Å². The van der Waals surface area contributed by atoms with Crippen molar-refractivity contribution in [3.05, 3.63) is 69.2 Å². The zero-order chi connectivity index (χ0) is 14.1. The van der Waals surface area contributed by atoms with Gasteiger partial charge < -0.3 is 10.5 Å². The zero-order valence-corrected chi connectivity index (χ0v) is 12.3. The number of aryl methyl sites for hydroxylation is 1. The molecule has 0 aliphatic carbocycles. The molecule has 2 nitrogen and oxygen atoms in total. The molecule has 1 atom stereocenters. The lowest BCUT2D eigenvalue weighted by molar-refractivity contribution is 0.134. The molecule has 1 aliphatic rings. The van der Waals surface area contributed by atoms with Crippen molar-refractivity contribution < 1.29 is 4.74 Å². The summed E-state index contributed by atoms with van der Waals surface area (Å²) in [6.45, 7) is 3.45. The Morgan fingerprint density at radius 1 is 1.15 bits per heavy atom. The molecule has 3 heteroatoms. The number of hydrogen-bond acceptors (Lipinski definition) is 2. The summed E-state index contributed by atoms with van der Waals surface area (Å²) in [6.07, 6.45) is 0.749. The highest BCUT2D eigenvalue weighted by Crippen LogP contribution is 2.27. The minimum atomic E-state index is -0.0406. The average Bonchev–Trinajstić information content (AvgIpc) is 2.89. The van der Waals surface area contributed by atoms with Crippen molar-refractivity contribution in [2.75, 3.05) is 0 Å². The lowest BCUT2D eigenvalue weighted by Crippen LogP contribution is -2.14. The molecule has 0 saturated carbocycles. The molecule has 0 amide bonds. The van der Waals surface area contributed by atoms with Crippen LogP contribution < -0.4 is 5.73 Å². The van der Waals surface area contributed by atoms with Crippen LogP contribution in [0.15, 0.2) is 36.4 Å². The summed E-state index contributed by atoms with van der Waals surface area (Å²) in [6, 6.07) is 12.5. The van der Waals surface area contributed by atoms with Crippen molar-refractivity contribution in [3.63, 3.8) is 0 Å².